The lowest BCUT2D eigenvalue weighted by atomic mass is 9.96. The number of hydrogen-bond acceptors (Lipinski definition) is 0. The van der Waals surface area contributed by atoms with E-state index in [2.05, 4.69) is 78.9 Å². The summed E-state index contributed by atoms with van der Waals surface area (Å²) < 4.78 is 0. The first-order chi connectivity index (χ1) is 9.92. The highest BCUT2D eigenvalue weighted by atomic mass is 14.1. The minimum absolute atomic E-state index is 1.10. The molecule has 20 heavy (non-hydrogen) atoms. The van der Waals surface area contributed by atoms with Gasteiger partial charge in [-0.05, 0) is 56.9 Å². The second-order valence-corrected chi connectivity index (χ2v) is 4.92. The molecule has 0 aromatic heterocycles. The molecule has 0 unspecified atom stereocenters. The van der Waals surface area contributed by atoms with Crippen LogP contribution in [0.3, 0.4) is 0 Å². The fraction of sp³-hybridized carbons (Fsp3) is 0. The lowest BCUT2D eigenvalue weighted by Gasteiger charge is -2.07. The molecule has 92 valence electrons. The Balaban J connectivity index is 2.01. The van der Waals surface area contributed by atoms with Crippen molar-refractivity contribution in [2.45, 2.75) is 0 Å². The van der Waals surface area contributed by atoms with Crippen molar-refractivity contribution in [3.05, 3.63) is 84.9 Å². The number of rotatable bonds is 1. The van der Waals surface area contributed by atoms with Crippen LogP contribution in [0, 0.1) is 12.1 Å². The highest BCUT2D eigenvalue weighted by Crippen LogP contribution is 2.29. The van der Waals surface area contributed by atoms with Gasteiger partial charge in [0.15, 0.2) is 0 Å². The third-order valence-electron chi connectivity index (χ3n) is 3.67. The van der Waals surface area contributed by atoms with E-state index in [4.69, 9.17) is 0 Å². The van der Waals surface area contributed by atoms with Crippen molar-refractivity contribution in [1.29, 1.82) is 0 Å². The second-order valence-electron chi connectivity index (χ2n) is 4.92. The Labute approximate surface area is 118 Å². The third-order valence-corrected chi connectivity index (χ3v) is 3.67. The quantitative estimate of drug-likeness (QED) is 0.433. The zero-order valence-corrected chi connectivity index (χ0v) is 10.9. The first kappa shape index (κ1) is 11.2. The molecule has 0 bridgehead atoms. The van der Waals surface area contributed by atoms with Crippen LogP contribution in [0.2, 0.25) is 0 Å². The second kappa shape index (κ2) is 4.50. The van der Waals surface area contributed by atoms with Gasteiger partial charge in [0.25, 0.3) is 0 Å². The van der Waals surface area contributed by atoms with E-state index in [0.29, 0.717) is 0 Å². The van der Waals surface area contributed by atoms with Crippen molar-refractivity contribution in [2.24, 2.45) is 0 Å². The van der Waals surface area contributed by atoms with E-state index in [-0.39, 0.29) is 0 Å². The first-order valence-corrected chi connectivity index (χ1v) is 6.72. The predicted octanol–water partition coefficient (Wildman–Crippen LogP) is 5.26. The van der Waals surface area contributed by atoms with Gasteiger partial charge in [-0.1, -0.05) is 60.7 Å². The normalized spacial score (nSPS) is 11.0. The average Bonchev–Trinajstić information content (AvgIpc) is 2.54. The molecule has 0 spiro atoms. The Hall–Kier alpha value is -2.60. The molecule has 0 aliphatic rings. The Kier molecular flexibility index (Phi) is 2.53. The van der Waals surface area contributed by atoms with Crippen LogP contribution < -0.4 is 0 Å². The van der Waals surface area contributed by atoms with Crippen molar-refractivity contribution in [2.75, 3.05) is 0 Å². The molecule has 0 heterocycles. The van der Waals surface area contributed by atoms with Gasteiger partial charge in [0.1, 0.15) is 0 Å². The van der Waals surface area contributed by atoms with Crippen LogP contribution in [0.4, 0.5) is 0 Å². The lowest BCUT2D eigenvalue weighted by Crippen LogP contribution is -1.82. The zero-order chi connectivity index (χ0) is 13.4. The smallest absolute Gasteiger partial charge is 0.00201 e. The number of fused-ring (bicyclic) bond motifs is 2. The zero-order valence-electron chi connectivity index (χ0n) is 10.9. The van der Waals surface area contributed by atoms with Gasteiger partial charge in [0.05, 0.1) is 0 Å². The van der Waals surface area contributed by atoms with Gasteiger partial charge in [0, 0.05) is 0 Å². The van der Waals surface area contributed by atoms with Crippen LogP contribution in [0.15, 0.2) is 72.8 Å². The average molecular weight is 252 g/mol. The van der Waals surface area contributed by atoms with Gasteiger partial charge in [-0.2, -0.15) is 0 Å². The Morgan fingerprint density at radius 2 is 1.40 bits per heavy atom. The van der Waals surface area contributed by atoms with Crippen molar-refractivity contribution >= 4 is 21.5 Å². The standard InChI is InChI=1S/C20H12/c1-2-8-17-14-18(13-12-15(17)6-1)20-11-5-9-16-7-3-4-10-19(16)20/h1-10,12,14H. The van der Waals surface area contributed by atoms with Crippen LogP contribution >= 0.6 is 0 Å². The summed E-state index contributed by atoms with van der Waals surface area (Å²) in [6.07, 6.45) is 0. The minimum atomic E-state index is 1.10. The number of benzene rings is 4. The van der Waals surface area contributed by atoms with Crippen LogP contribution in [0.1, 0.15) is 0 Å². The van der Waals surface area contributed by atoms with Crippen molar-refractivity contribution in [3.63, 3.8) is 0 Å². The fourth-order valence-corrected chi connectivity index (χ4v) is 2.66. The summed E-state index contributed by atoms with van der Waals surface area (Å²) in [6, 6.07) is 31.9. The summed E-state index contributed by atoms with van der Waals surface area (Å²) >= 11 is 0. The van der Waals surface area contributed by atoms with E-state index in [1.54, 1.807) is 0 Å². The van der Waals surface area contributed by atoms with Crippen LogP contribution in [0.25, 0.3) is 32.7 Å². The van der Waals surface area contributed by atoms with E-state index in [1.807, 2.05) is 6.07 Å². The summed E-state index contributed by atoms with van der Waals surface area (Å²) in [4.78, 5) is 0. The summed E-state index contributed by atoms with van der Waals surface area (Å²) in [7, 11) is 0. The maximum atomic E-state index is 3.39. The Morgan fingerprint density at radius 1 is 0.650 bits per heavy atom. The summed E-state index contributed by atoms with van der Waals surface area (Å²) in [5.41, 5.74) is 2.22. The molecule has 0 atom stereocenters. The molecule has 4 aromatic carbocycles. The molecule has 0 nitrogen and oxygen atoms in total. The fourth-order valence-electron chi connectivity index (χ4n) is 2.66. The summed E-state index contributed by atoms with van der Waals surface area (Å²) in [6.45, 7) is 0. The summed E-state index contributed by atoms with van der Waals surface area (Å²) in [5, 5.41) is 4.92. The molecule has 4 aromatic rings. The molecule has 0 aliphatic heterocycles. The SMILES string of the molecule is [c]1cc2ccccc2cc1-c1[c]ccc2ccccc12. The summed E-state index contributed by atoms with van der Waals surface area (Å²) in [5.74, 6) is 0. The molecular weight excluding hydrogens is 240 g/mol. The molecule has 0 heteroatoms. The molecule has 0 saturated heterocycles. The Bertz CT molecular complexity index is 898. The van der Waals surface area contributed by atoms with Crippen LogP contribution in [-0.4, -0.2) is 0 Å². The van der Waals surface area contributed by atoms with Crippen molar-refractivity contribution in [3.8, 4) is 11.1 Å². The molecule has 4 rings (SSSR count). The monoisotopic (exact) mass is 252 g/mol. The van der Waals surface area contributed by atoms with E-state index in [0.717, 1.165) is 11.1 Å². The highest BCUT2D eigenvalue weighted by Gasteiger charge is 2.04. The molecule has 0 saturated carbocycles. The van der Waals surface area contributed by atoms with Crippen molar-refractivity contribution < 1.29 is 0 Å². The van der Waals surface area contributed by atoms with E-state index >= 15 is 0 Å². The van der Waals surface area contributed by atoms with Gasteiger partial charge in [-0.15, -0.1) is 0 Å². The lowest BCUT2D eigenvalue weighted by molar-refractivity contribution is 1.66. The van der Waals surface area contributed by atoms with Gasteiger partial charge in [-0.25, -0.2) is 0 Å². The van der Waals surface area contributed by atoms with Gasteiger partial charge in [0.2, 0.25) is 0 Å². The predicted molar refractivity (Wildman–Crippen MR) is 84.6 cm³/mol. The van der Waals surface area contributed by atoms with Gasteiger partial charge < -0.3 is 0 Å². The van der Waals surface area contributed by atoms with Gasteiger partial charge in [-0.3, -0.25) is 0 Å². The molecule has 0 fully saturated rings. The van der Waals surface area contributed by atoms with E-state index in [9.17, 15) is 0 Å². The number of hydrogen-bond donors (Lipinski definition) is 0. The molecule has 0 aliphatic carbocycles. The largest absolute Gasteiger partial charge is 0.0616 e. The third kappa shape index (κ3) is 1.78. The molecular formula is C20H12. The van der Waals surface area contributed by atoms with Crippen LogP contribution in [-0.2, 0) is 0 Å². The van der Waals surface area contributed by atoms with E-state index < -0.39 is 0 Å². The maximum Gasteiger partial charge on any atom is -0.00201 e. The topological polar surface area (TPSA) is 0 Å². The maximum absolute atomic E-state index is 3.39. The van der Waals surface area contributed by atoms with Gasteiger partial charge >= 0.3 is 0 Å². The molecule has 0 N–H and O–H groups in total. The van der Waals surface area contributed by atoms with Crippen LogP contribution in [0.5, 0.6) is 0 Å². The molecule has 0 amide bonds. The highest BCUT2D eigenvalue weighted by molar-refractivity contribution is 5.98. The first-order valence-electron chi connectivity index (χ1n) is 6.72. The molecule has 2 radical (unpaired) electrons. The Morgan fingerprint density at radius 3 is 2.30 bits per heavy atom. The van der Waals surface area contributed by atoms with E-state index in [1.165, 1.54) is 21.5 Å². The minimum Gasteiger partial charge on any atom is -0.0616 e. The van der Waals surface area contributed by atoms with Crippen molar-refractivity contribution in [1.82, 2.24) is 0 Å².